The van der Waals surface area contributed by atoms with Crippen molar-refractivity contribution in [1.82, 2.24) is 10.2 Å². The minimum atomic E-state index is 0.607. The molecule has 0 saturated carbocycles. The maximum absolute atomic E-state index is 5.36. The molecule has 0 N–H and O–H groups in total. The van der Waals surface area contributed by atoms with Gasteiger partial charge in [0.25, 0.3) is 5.22 Å². The van der Waals surface area contributed by atoms with E-state index < -0.39 is 0 Å². The van der Waals surface area contributed by atoms with Crippen molar-refractivity contribution in [3.05, 3.63) is 53.9 Å². The molecule has 0 aliphatic rings. The summed E-state index contributed by atoms with van der Waals surface area (Å²) in [5.74, 6) is 1.44. The fraction of sp³-hybridized carbons (Fsp3) is 0.143. The average Bonchev–Trinajstić information content (AvgIpc) is 2.82. The van der Waals surface area contributed by atoms with Gasteiger partial charge in [-0.25, -0.2) is 0 Å². The van der Waals surface area contributed by atoms with Crippen molar-refractivity contribution in [1.29, 1.82) is 0 Å². The Morgan fingerprint density at radius 2 is 1.89 bits per heavy atom. The Hall–Kier alpha value is -1.81. The number of hydrogen-bond donors (Lipinski definition) is 0. The number of hydrogen-bond acceptors (Lipinski definition) is 4. The van der Waals surface area contributed by atoms with E-state index in [1.807, 2.05) is 0 Å². The van der Waals surface area contributed by atoms with E-state index in [0.717, 1.165) is 5.75 Å². The predicted molar refractivity (Wildman–Crippen MR) is 72.5 cm³/mol. The molecule has 18 heavy (non-hydrogen) atoms. The zero-order valence-corrected chi connectivity index (χ0v) is 10.8. The van der Waals surface area contributed by atoms with Crippen molar-refractivity contribution in [2.24, 2.45) is 0 Å². The summed E-state index contributed by atoms with van der Waals surface area (Å²) < 4.78 is 5.36. The highest BCUT2D eigenvalue weighted by Crippen LogP contribution is 2.26. The monoisotopic (exact) mass is 256 g/mol. The molecule has 4 heteroatoms. The summed E-state index contributed by atoms with van der Waals surface area (Å²) in [4.78, 5) is 0. The smallest absolute Gasteiger partial charge is 0.276 e. The molecule has 0 atom stereocenters. The molecule has 0 radical (unpaired) electrons. The van der Waals surface area contributed by atoms with Crippen LogP contribution in [0.25, 0.3) is 10.8 Å². The Kier molecular flexibility index (Phi) is 3.02. The summed E-state index contributed by atoms with van der Waals surface area (Å²) in [6, 6.07) is 14.7. The van der Waals surface area contributed by atoms with E-state index in [0.29, 0.717) is 11.1 Å². The standard InChI is InChI=1S/C14H12N2OS/c1-10-15-16-14(17-10)18-9-12-7-4-6-11-5-2-3-8-13(11)12/h2-8H,9H2,1H3. The van der Waals surface area contributed by atoms with Gasteiger partial charge >= 0.3 is 0 Å². The highest BCUT2D eigenvalue weighted by atomic mass is 32.2. The third-order valence-electron chi connectivity index (χ3n) is 2.74. The number of aryl methyl sites for hydroxylation is 1. The third kappa shape index (κ3) is 2.24. The lowest BCUT2D eigenvalue weighted by Crippen LogP contribution is -1.84. The summed E-state index contributed by atoms with van der Waals surface area (Å²) in [5.41, 5.74) is 1.29. The zero-order chi connectivity index (χ0) is 12.4. The van der Waals surface area contributed by atoms with Gasteiger partial charge in [0.1, 0.15) is 0 Å². The average molecular weight is 256 g/mol. The molecule has 0 bridgehead atoms. The van der Waals surface area contributed by atoms with E-state index in [-0.39, 0.29) is 0 Å². The van der Waals surface area contributed by atoms with E-state index in [4.69, 9.17) is 4.42 Å². The molecule has 0 spiro atoms. The number of thioether (sulfide) groups is 1. The van der Waals surface area contributed by atoms with Crippen LogP contribution in [0.3, 0.4) is 0 Å². The summed E-state index contributed by atoms with van der Waals surface area (Å²) in [5, 5.41) is 11.0. The van der Waals surface area contributed by atoms with Crippen molar-refractivity contribution >= 4 is 22.5 Å². The van der Waals surface area contributed by atoms with Gasteiger partial charge in [0, 0.05) is 12.7 Å². The van der Waals surface area contributed by atoms with Crippen molar-refractivity contribution in [2.75, 3.05) is 0 Å². The molecular weight excluding hydrogens is 244 g/mol. The van der Waals surface area contributed by atoms with Crippen LogP contribution in [-0.2, 0) is 5.75 Å². The summed E-state index contributed by atoms with van der Waals surface area (Å²) >= 11 is 1.57. The molecule has 0 amide bonds. The van der Waals surface area contributed by atoms with E-state index in [1.54, 1.807) is 18.7 Å². The molecule has 0 aliphatic heterocycles. The van der Waals surface area contributed by atoms with E-state index in [9.17, 15) is 0 Å². The minimum Gasteiger partial charge on any atom is -0.416 e. The highest BCUT2D eigenvalue weighted by molar-refractivity contribution is 7.98. The van der Waals surface area contributed by atoms with Crippen molar-refractivity contribution in [3.63, 3.8) is 0 Å². The summed E-state index contributed by atoms with van der Waals surface area (Å²) in [6.07, 6.45) is 0. The number of benzene rings is 2. The van der Waals surface area contributed by atoms with Crippen molar-refractivity contribution < 1.29 is 4.42 Å². The molecule has 0 fully saturated rings. The Morgan fingerprint density at radius 1 is 1.06 bits per heavy atom. The van der Waals surface area contributed by atoms with Gasteiger partial charge in [-0.1, -0.05) is 54.2 Å². The van der Waals surface area contributed by atoms with Gasteiger partial charge in [0.05, 0.1) is 0 Å². The lowest BCUT2D eigenvalue weighted by molar-refractivity contribution is 0.429. The van der Waals surface area contributed by atoms with Crippen LogP contribution in [0.15, 0.2) is 52.1 Å². The second kappa shape index (κ2) is 4.82. The van der Waals surface area contributed by atoms with Gasteiger partial charge in [-0.15, -0.1) is 10.2 Å². The molecule has 1 heterocycles. The van der Waals surface area contributed by atoms with E-state index in [1.165, 1.54) is 16.3 Å². The van der Waals surface area contributed by atoms with Crippen LogP contribution < -0.4 is 0 Å². The number of nitrogens with zero attached hydrogens (tertiary/aromatic N) is 2. The maximum Gasteiger partial charge on any atom is 0.276 e. The van der Waals surface area contributed by atoms with Gasteiger partial charge in [0.15, 0.2) is 0 Å². The van der Waals surface area contributed by atoms with Crippen LogP contribution >= 0.6 is 11.8 Å². The van der Waals surface area contributed by atoms with Crippen molar-refractivity contribution in [3.8, 4) is 0 Å². The normalized spacial score (nSPS) is 10.9. The number of rotatable bonds is 3. The van der Waals surface area contributed by atoms with Crippen LogP contribution in [0.5, 0.6) is 0 Å². The first kappa shape index (κ1) is 11.3. The first-order valence-electron chi connectivity index (χ1n) is 5.72. The molecular formula is C14H12N2OS. The Bertz CT molecular complexity index is 673. The summed E-state index contributed by atoms with van der Waals surface area (Å²) in [7, 11) is 0. The molecule has 3 nitrogen and oxygen atoms in total. The predicted octanol–water partition coefficient (Wildman–Crippen LogP) is 3.82. The van der Waals surface area contributed by atoms with Crippen LogP contribution in [0, 0.1) is 6.92 Å². The Labute approximate surface area is 109 Å². The van der Waals surface area contributed by atoms with E-state index in [2.05, 4.69) is 52.7 Å². The zero-order valence-electron chi connectivity index (χ0n) is 9.96. The van der Waals surface area contributed by atoms with Gasteiger partial charge in [-0.05, 0) is 16.3 Å². The fourth-order valence-electron chi connectivity index (χ4n) is 1.89. The quantitative estimate of drug-likeness (QED) is 0.668. The van der Waals surface area contributed by atoms with Gasteiger partial charge < -0.3 is 4.42 Å². The lowest BCUT2D eigenvalue weighted by Gasteiger charge is -2.04. The maximum atomic E-state index is 5.36. The van der Waals surface area contributed by atoms with Gasteiger partial charge in [0.2, 0.25) is 5.89 Å². The minimum absolute atomic E-state index is 0.607. The third-order valence-corrected chi connectivity index (χ3v) is 3.61. The molecule has 0 unspecified atom stereocenters. The van der Waals surface area contributed by atoms with Crippen LogP contribution in [0.4, 0.5) is 0 Å². The topological polar surface area (TPSA) is 38.9 Å². The first-order valence-corrected chi connectivity index (χ1v) is 6.71. The second-order valence-electron chi connectivity index (χ2n) is 4.01. The lowest BCUT2D eigenvalue weighted by atomic mass is 10.1. The number of aromatic nitrogens is 2. The number of fused-ring (bicyclic) bond motifs is 1. The molecule has 0 aliphatic carbocycles. The molecule has 3 aromatic rings. The van der Waals surface area contributed by atoms with Crippen molar-refractivity contribution in [2.45, 2.75) is 17.9 Å². The first-order chi connectivity index (χ1) is 8.83. The fourth-order valence-corrected chi connectivity index (χ4v) is 2.70. The molecule has 2 aromatic carbocycles. The Balaban J connectivity index is 1.86. The SMILES string of the molecule is Cc1nnc(SCc2cccc3ccccc23)o1. The molecule has 3 rings (SSSR count). The Morgan fingerprint density at radius 3 is 2.72 bits per heavy atom. The van der Waals surface area contributed by atoms with Crippen LogP contribution in [0.2, 0.25) is 0 Å². The summed E-state index contributed by atoms with van der Waals surface area (Å²) in [6.45, 7) is 1.80. The van der Waals surface area contributed by atoms with Gasteiger partial charge in [-0.3, -0.25) is 0 Å². The molecule has 90 valence electrons. The second-order valence-corrected chi connectivity index (χ2v) is 4.94. The van der Waals surface area contributed by atoms with Crippen LogP contribution in [0.1, 0.15) is 11.5 Å². The largest absolute Gasteiger partial charge is 0.416 e. The highest BCUT2D eigenvalue weighted by Gasteiger charge is 2.05. The van der Waals surface area contributed by atoms with Crippen LogP contribution in [-0.4, -0.2) is 10.2 Å². The van der Waals surface area contributed by atoms with E-state index >= 15 is 0 Å². The van der Waals surface area contributed by atoms with Gasteiger partial charge in [-0.2, -0.15) is 0 Å². The molecule has 1 aromatic heterocycles. The molecule has 0 saturated heterocycles.